The van der Waals surface area contributed by atoms with Gasteiger partial charge in [-0.3, -0.25) is 4.79 Å². The van der Waals surface area contributed by atoms with E-state index in [2.05, 4.69) is 4.90 Å². The molecule has 1 amide bonds. The monoisotopic (exact) mass is 364 g/mol. The van der Waals surface area contributed by atoms with Gasteiger partial charge in [0, 0.05) is 48.4 Å². The molecule has 1 aromatic carbocycles. The Morgan fingerprint density at radius 1 is 1.08 bits per heavy atom. The van der Waals surface area contributed by atoms with Gasteiger partial charge >= 0.3 is 0 Å². The van der Waals surface area contributed by atoms with Gasteiger partial charge < -0.3 is 20.0 Å². The van der Waals surface area contributed by atoms with E-state index >= 15 is 0 Å². The highest BCUT2D eigenvalue weighted by atomic mass is 32.2. The van der Waals surface area contributed by atoms with E-state index in [4.69, 9.17) is 5.11 Å². The Bertz CT molecular complexity index is 560. The van der Waals surface area contributed by atoms with E-state index in [-0.39, 0.29) is 25.0 Å². The highest BCUT2D eigenvalue weighted by Crippen LogP contribution is 2.27. The molecule has 2 fully saturated rings. The molecular weight excluding hydrogens is 336 g/mol. The zero-order chi connectivity index (χ0) is 17.6. The Morgan fingerprint density at radius 3 is 2.40 bits per heavy atom. The highest BCUT2D eigenvalue weighted by Gasteiger charge is 2.36. The quantitative estimate of drug-likeness (QED) is 0.719. The van der Waals surface area contributed by atoms with Crippen LogP contribution in [0.4, 0.5) is 0 Å². The van der Waals surface area contributed by atoms with Gasteiger partial charge in [0.05, 0.1) is 6.61 Å². The molecule has 5 nitrogen and oxygen atoms in total. The maximum atomic E-state index is 12.8. The average molecular weight is 365 g/mol. The summed E-state index contributed by atoms with van der Waals surface area (Å²) in [6, 6.07) is 7.61. The van der Waals surface area contributed by atoms with Gasteiger partial charge in [-0.1, -0.05) is 0 Å². The summed E-state index contributed by atoms with van der Waals surface area (Å²) in [5, 5.41) is 18.6. The van der Waals surface area contributed by atoms with E-state index < -0.39 is 0 Å². The fourth-order valence-electron chi connectivity index (χ4n) is 3.85. The molecule has 2 heterocycles. The van der Waals surface area contributed by atoms with Gasteiger partial charge in [0.25, 0.3) is 5.91 Å². The van der Waals surface area contributed by atoms with Crippen LogP contribution in [0.1, 0.15) is 23.2 Å². The molecule has 0 bridgehead atoms. The lowest BCUT2D eigenvalue weighted by Crippen LogP contribution is -2.32. The van der Waals surface area contributed by atoms with Crippen molar-refractivity contribution >= 4 is 17.7 Å². The first-order valence-corrected chi connectivity index (χ1v) is 10.2. The van der Waals surface area contributed by atoms with Crippen LogP contribution in [0.15, 0.2) is 29.2 Å². The zero-order valence-corrected chi connectivity index (χ0v) is 15.5. The van der Waals surface area contributed by atoms with E-state index in [1.807, 2.05) is 29.2 Å². The van der Waals surface area contributed by atoms with Crippen molar-refractivity contribution in [3.8, 4) is 0 Å². The number of aliphatic hydroxyl groups excluding tert-OH is 2. The van der Waals surface area contributed by atoms with Crippen LogP contribution in [-0.2, 0) is 0 Å². The van der Waals surface area contributed by atoms with Crippen molar-refractivity contribution in [3.05, 3.63) is 29.8 Å². The van der Waals surface area contributed by atoms with Gasteiger partial charge in [-0.15, -0.1) is 11.8 Å². The Hall–Kier alpha value is -1.08. The molecule has 2 aliphatic heterocycles. The van der Waals surface area contributed by atoms with Crippen molar-refractivity contribution < 1.29 is 15.0 Å². The molecule has 1 aromatic rings. The number of aliphatic hydroxyl groups is 2. The maximum Gasteiger partial charge on any atom is 0.253 e. The number of benzene rings is 1. The summed E-state index contributed by atoms with van der Waals surface area (Å²) in [7, 11) is 0. The summed E-state index contributed by atoms with van der Waals surface area (Å²) in [5.74, 6) is 1.27. The number of thioether (sulfide) groups is 1. The maximum absolute atomic E-state index is 12.8. The van der Waals surface area contributed by atoms with Crippen molar-refractivity contribution in [1.29, 1.82) is 0 Å². The zero-order valence-electron chi connectivity index (χ0n) is 14.6. The fourth-order valence-corrected chi connectivity index (χ4v) is 4.51. The first-order chi connectivity index (χ1) is 12.2. The van der Waals surface area contributed by atoms with Crippen LogP contribution in [0.2, 0.25) is 0 Å². The predicted octanol–water partition coefficient (Wildman–Crippen LogP) is 1.55. The third kappa shape index (κ3) is 4.76. The van der Waals surface area contributed by atoms with Gasteiger partial charge in [0.15, 0.2) is 0 Å². The van der Waals surface area contributed by atoms with Gasteiger partial charge in [0.2, 0.25) is 0 Å². The topological polar surface area (TPSA) is 64.0 Å². The average Bonchev–Trinajstić information content (AvgIpc) is 3.30. The number of amides is 1. The van der Waals surface area contributed by atoms with Crippen molar-refractivity contribution in [2.45, 2.75) is 17.7 Å². The summed E-state index contributed by atoms with van der Waals surface area (Å²) < 4.78 is 0. The molecule has 2 saturated heterocycles. The number of likely N-dealkylation sites (tertiary alicyclic amines) is 2. The molecule has 0 radical (unpaired) electrons. The van der Waals surface area contributed by atoms with Gasteiger partial charge in [-0.2, -0.15) is 0 Å². The Morgan fingerprint density at radius 2 is 1.76 bits per heavy atom. The molecule has 2 N–H and O–H groups in total. The number of rotatable bonds is 7. The first-order valence-electron chi connectivity index (χ1n) is 9.17. The van der Waals surface area contributed by atoms with Crippen molar-refractivity contribution in [2.24, 2.45) is 11.8 Å². The minimum atomic E-state index is 0.0566. The molecule has 3 rings (SSSR count). The molecule has 0 aliphatic carbocycles. The van der Waals surface area contributed by atoms with Crippen molar-refractivity contribution in [3.63, 3.8) is 0 Å². The number of carbonyl (C=O) groups excluding carboxylic acids is 1. The third-order valence-corrected chi connectivity index (χ3v) is 6.24. The first kappa shape index (κ1) is 18.7. The van der Waals surface area contributed by atoms with Crippen LogP contribution in [0.25, 0.3) is 0 Å². The molecular formula is C19H28N2O3S. The molecule has 0 spiro atoms. The van der Waals surface area contributed by atoms with Crippen LogP contribution in [0.5, 0.6) is 0 Å². The van der Waals surface area contributed by atoms with Crippen LogP contribution < -0.4 is 0 Å². The minimum Gasteiger partial charge on any atom is -0.396 e. The number of hydrogen-bond acceptors (Lipinski definition) is 5. The van der Waals surface area contributed by atoms with Crippen LogP contribution >= 0.6 is 11.8 Å². The largest absolute Gasteiger partial charge is 0.396 e. The SMILES string of the molecule is O=C(c1ccc(SCCO)cc1)N1C[C@@H](CO)[C@@H](CN2CCCC2)C1. The van der Waals surface area contributed by atoms with Crippen LogP contribution in [0, 0.1) is 11.8 Å². The molecule has 0 aromatic heterocycles. The van der Waals surface area contributed by atoms with E-state index in [1.165, 1.54) is 12.8 Å². The van der Waals surface area contributed by atoms with Gasteiger partial charge in [-0.25, -0.2) is 0 Å². The van der Waals surface area contributed by atoms with E-state index in [0.29, 0.717) is 23.8 Å². The highest BCUT2D eigenvalue weighted by molar-refractivity contribution is 7.99. The lowest BCUT2D eigenvalue weighted by Gasteiger charge is -2.22. The lowest BCUT2D eigenvalue weighted by molar-refractivity contribution is 0.0779. The van der Waals surface area contributed by atoms with Gasteiger partial charge in [0.1, 0.15) is 0 Å². The molecule has 0 saturated carbocycles. The molecule has 6 heteroatoms. The number of carbonyl (C=O) groups is 1. The second kappa shape index (κ2) is 9.03. The van der Waals surface area contributed by atoms with Crippen LogP contribution in [-0.4, -0.2) is 77.6 Å². The van der Waals surface area contributed by atoms with Crippen LogP contribution in [0.3, 0.4) is 0 Å². The molecule has 2 aliphatic rings. The van der Waals surface area contributed by atoms with Crippen molar-refractivity contribution in [1.82, 2.24) is 9.80 Å². The van der Waals surface area contributed by atoms with Gasteiger partial charge in [-0.05, 0) is 56.1 Å². The Balaban J connectivity index is 1.59. The standard InChI is InChI=1S/C19H28N2O3S/c22-9-10-25-18-5-3-15(4-6-18)19(24)21-12-16(17(13-21)14-23)11-20-7-1-2-8-20/h3-6,16-17,22-23H,1-2,7-14H2/t16-,17-/m0/s1. The molecule has 138 valence electrons. The molecule has 2 atom stereocenters. The third-order valence-electron chi connectivity index (χ3n) is 5.25. The second-order valence-corrected chi connectivity index (χ2v) is 8.19. The number of nitrogens with zero attached hydrogens (tertiary/aromatic N) is 2. The number of hydrogen-bond donors (Lipinski definition) is 2. The van der Waals surface area contributed by atoms with E-state index in [9.17, 15) is 9.90 Å². The smallest absolute Gasteiger partial charge is 0.253 e. The normalized spacial score (nSPS) is 24.2. The Labute approximate surface area is 154 Å². The summed E-state index contributed by atoms with van der Waals surface area (Å²) >= 11 is 1.58. The summed E-state index contributed by atoms with van der Waals surface area (Å²) in [6.45, 7) is 4.98. The molecule has 25 heavy (non-hydrogen) atoms. The molecule has 0 unspecified atom stereocenters. The fraction of sp³-hybridized carbons (Fsp3) is 0.632. The Kier molecular flexibility index (Phi) is 6.76. The second-order valence-electron chi connectivity index (χ2n) is 7.02. The summed E-state index contributed by atoms with van der Waals surface area (Å²) in [4.78, 5) is 18.2. The summed E-state index contributed by atoms with van der Waals surface area (Å²) in [6.07, 6.45) is 2.53. The predicted molar refractivity (Wildman–Crippen MR) is 99.9 cm³/mol. The lowest BCUT2D eigenvalue weighted by atomic mass is 9.96. The minimum absolute atomic E-state index is 0.0566. The van der Waals surface area contributed by atoms with Crippen molar-refractivity contribution in [2.75, 3.05) is 51.7 Å². The van der Waals surface area contributed by atoms with E-state index in [1.54, 1.807) is 11.8 Å². The van der Waals surface area contributed by atoms with E-state index in [0.717, 1.165) is 31.1 Å². The summed E-state index contributed by atoms with van der Waals surface area (Å²) in [5.41, 5.74) is 0.701.